The number of carboxylic acids is 1. The van der Waals surface area contributed by atoms with Gasteiger partial charge in [0.1, 0.15) is 5.75 Å². The summed E-state index contributed by atoms with van der Waals surface area (Å²) in [6.07, 6.45) is 11.3. The van der Waals surface area contributed by atoms with Crippen LogP contribution >= 0.6 is 0 Å². The third kappa shape index (κ3) is 4.31. The van der Waals surface area contributed by atoms with Gasteiger partial charge in [0.25, 0.3) is 0 Å². The molecule has 0 aliphatic heterocycles. The van der Waals surface area contributed by atoms with E-state index in [1.807, 2.05) is 31.2 Å². The first-order valence-corrected chi connectivity index (χ1v) is 9.51. The molecule has 2 saturated carbocycles. The number of hydrogen-bond donors (Lipinski definition) is 1. The summed E-state index contributed by atoms with van der Waals surface area (Å²) in [4.78, 5) is 10.8. The van der Waals surface area contributed by atoms with Gasteiger partial charge in [-0.2, -0.15) is 0 Å². The number of carboxylic acid groups (broad SMARTS) is 1. The van der Waals surface area contributed by atoms with Crippen LogP contribution in [0.4, 0.5) is 0 Å². The number of ether oxygens (including phenoxy) is 1. The summed E-state index contributed by atoms with van der Waals surface area (Å²) in [6.45, 7) is 2.78. The fourth-order valence-electron chi connectivity index (χ4n) is 4.79. The zero-order chi connectivity index (χ0) is 17.0. The van der Waals surface area contributed by atoms with Crippen LogP contribution in [0.2, 0.25) is 0 Å². The molecule has 0 radical (unpaired) electrons. The van der Waals surface area contributed by atoms with E-state index in [0.717, 1.165) is 17.9 Å². The monoisotopic (exact) mass is 330 g/mol. The maximum atomic E-state index is 10.8. The number of rotatable bonds is 6. The lowest BCUT2D eigenvalue weighted by molar-refractivity contribution is -0.137. The Hall–Kier alpha value is -1.51. The molecule has 0 heterocycles. The number of hydrogen-bond acceptors (Lipinski definition) is 2. The van der Waals surface area contributed by atoms with Gasteiger partial charge < -0.3 is 9.84 Å². The molecule has 0 aromatic heterocycles. The minimum absolute atomic E-state index is 0.0390. The van der Waals surface area contributed by atoms with Crippen LogP contribution in [0.15, 0.2) is 24.3 Å². The Kier molecular flexibility index (Phi) is 5.47. The average Bonchev–Trinajstić information content (AvgIpc) is 3.00. The number of aliphatic carboxylic acids is 1. The fraction of sp³-hybridized carbons (Fsp3) is 0.667. The highest BCUT2D eigenvalue weighted by Crippen LogP contribution is 2.50. The fourth-order valence-corrected chi connectivity index (χ4v) is 4.79. The molecule has 132 valence electrons. The van der Waals surface area contributed by atoms with Crippen molar-refractivity contribution in [2.45, 2.75) is 70.6 Å². The average molecular weight is 330 g/mol. The van der Waals surface area contributed by atoms with Crippen molar-refractivity contribution in [1.82, 2.24) is 0 Å². The highest BCUT2D eigenvalue weighted by Gasteiger charge is 2.38. The van der Waals surface area contributed by atoms with E-state index in [1.165, 1.54) is 51.4 Å². The molecule has 0 bridgehead atoms. The zero-order valence-corrected chi connectivity index (χ0v) is 14.8. The summed E-state index contributed by atoms with van der Waals surface area (Å²) in [6, 6.07) is 7.98. The molecule has 0 saturated heterocycles. The first kappa shape index (κ1) is 17.3. The minimum Gasteiger partial charge on any atom is -0.493 e. The smallest absolute Gasteiger partial charge is 0.303 e. The summed E-state index contributed by atoms with van der Waals surface area (Å²) in [5, 5.41) is 8.89. The quantitative estimate of drug-likeness (QED) is 0.760. The van der Waals surface area contributed by atoms with Crippen molar-refractivity contribution in [1.29, 1.82) is 0 Å². The molecule has 2 atom stereocenters. The van der Waals surface area contributed by atoms with Crippen molar-refractivity contribution in [3.05, 3.63) is 29.8 Å². The van der Waals surface area contributed by atoms with Crippen LogP contribution < -0.4 is 4.74 Å². The predicted octanol–water partition coefficient (Wildman–Crippen LogP) is 5.39. The van der Waals surface area contributed by atoms with E-state index in [2.05, 4.69) is 0 Å². The summed E-state index contributed by atoms with van der Waals surface area (Å²) in [7, 11) is 0. The summed E-state index contributed by atoms with van der Waals surface area (Å²) in [5.41, 5.74) is 1.70. The van der Waals surface area contributed by atoms with Gasteiger partial charge in [0.2, 0.25) is 0 Å². The van der Waals surface area contributed by atoms with Gasteiger partial charge in [0.05, 0.1) is 13.0 Å². The molecule has 0 amide bonds. The van der Waals surface area contributed by atoms with Crippen LogP contribution in [-0.4, -0.2) is 17.7 Å². The number of carbonyl (C=O) groups is 1. The van der Waals surface area contributed by atoms with Gasteiger partial charge in [-0.1, -0.05) is 38.3 Å². The topological polar surface area (TPSA) is 46.5 Å². The minimum atomic E-state index is -0.749. The van der Waals surface area contributed by atoms with Crippen molar-refractivity contribution in [3.63, 3.8) is 0 Å². The van der Waals surface area contributed by atoms with Gasteiger partial charge in [-0.3, -0.25) is 4.79 Å². The molecule has 1 aromatic rings. The maximum absolute atomic E-state index is 10.8. The van der Waals surface area contributed by atoms with E-state index in [0.29, 0.717) is 11.3 Å². The predicted molar refractivity (Wildman–Crippen MR) is 95.5 cm³/mol. The van der Waals surface area contributed by atoms with Crippen molar-refractivity contribution >= 4 is 5.97 Å². The Labute approximate surface area is 145 Å². The van der Waals surface area contributed by atoms with E-state index < -0.39 is 5.97 Å². The number of benzene rings is 1. The van der Waals surface area contributed by atoms with Gasteiger partial charge in [0, 0.05) is 0 Å². The molecule has 3 heteroatoms. The Morgan fingerprint density at radius 1 is 1.21 bits per heavy atom. The molecule has 1 spiro atoms. The third-order valence-electron chi connectivity index (χ3n) is 6.12. The van der Waals surface area contributed by atoms with Gasteiger partial charge in [0.15, 0.2) is 0 Å². The Morgan fingerprint density at radius 2 is 1.88 bits per heavy atom. The molecule has 24 heavy (non-hydrogen) atoms. The molecule has 2 fully saturated rings. The largest absolute Gasteiger partial charge is 0.493 e. The van der Waals surface area contributed by atoms with Crippen LogP contribution in [0.5, 0.6) is 5.75 Å². The van der Waals surface area contributed by atoms with Crippen LogP contribution in [0.3, 0.4) is 0 Å². The summed E-state index contributed by atoms with van der Waals surface area (Å²) >= 11 is 0. The van der Waals surface area contributed by atoms with Crippen molar-refractivity contribution < 1.29 is 14.6 Å². The molecular formula is C21H30O3. The third-order valence-corrected chi connectivity index (χ3v) is 6.12. The Balaban J connectivity index is 1.50. The second-order valence-electron chi connectivity index (χ2n) is 8.05. The maximum Gasteiger partial charge on any atom is 0.303 e. The van der Waals surface area contributed by atoms with Gasteiger partial charge in [-0.25, -0.2) is 0 Å². The standard InChI is InChI=1S/C21H30O3/c1-16(13-20(22)23)18-6-8-19(9-7-18)24-15-17-5-4-12-21(14-17)10-2-3-11-21/h6-9,16-17H,2-5,10-15H2,1H3,(H,22,23). The van der Waals surface area contributed by atoms with E-state index in [1.54, 1.807) is 0 Å². The second-order valence-corrected chi connectivity index (χ2v) is 8.05. The normalized spacial score (nSPS) is 24.0. The Bertz CT molecular complexity index is 543. The van der Waals surface area contributed by atoms with Gasteiger partial charge >= 0.3 is 5.97 Å². The van der Waals surface area contributed by atoms with Crippen LogP contribution in [0, 0.1) is 11.3 Å². The molecule has 3 rings (SSSR count). The second kappa shape index (κ2) is 7.58. The summed E-state index contributed by atoms with van der Waals surface area (Å²) in [5.74, 6) is 0.896. The van der Waals surface area contributed by atoms with Crippen molar-refractivity contribution in [2.75, 3.05) is 6.61 Å². The van der Waals surface area contributed by atoms with Gasteiger partial charge in [-0.05, 0) is 67.1 Å². The van der Waals surface area contributed by atoms with Crippen LogP contribution in [0.1, 0.15) is 76.2 Å². The molecule has 1 aromatic carbocycles. The lowest BCUT2D eigenvalue weighted by atomic mass is 9.69. The van der Waals surface area contributed by atoms with E-state index in [-0.39, 0.29) is 12.3 Å². The highest BCUT2D eigenvalue weighted by molar-refractivity contribution is 5.67. The SMILES string of the molecule is CC(CC(=O)O)c1ccc(OCC2CCCC3(CCCC3)C2)cc1. The molecular weight excluding hydrogens is 300 g/mol. The summed E-state index contributed by atoms with van der Waals surface area (Å²) < 4.78 is 6.05. The van der Waals surface area contributed by atoms with Gasteiger partial charge in [-0.15, -0.1) is 0 Å². The Morgan fingerprint density at radius 3 is 2.54 bits per heavy atom. The van der Waals surface area contributed by atoms with Crippen molar-refractivity contribution in [3.8, 4) is 5.75 Å². The molecule has 2 unspecified atom stereocenters. The first-order chi connectivity index (χ1) is 11.6. The van der Waals surface area contributed by atoms with Crippen LogP contribution in [-0.2, 0) is 4.79 Å². The van der Waals surface area contributed by atoms with E-state index in [4.69, 9.17) is 9.84 Å². The lowest BCUT2D eigenvalue weighted by Gasteiger charge is -2.38. The highest BCUT2D eigenvalue weighted by atomic mass is 16.5. The molecule has 3 nitrogen and oxygen atoms in total. The lowest BCUT2D eigenvalue weighted by Crippen LogP contribution is -2.29. The molecule has 2 aliphatic rings. The van der Waals surface area contributed by atoms with E-state index >= 15 is 0 Å². The van der Waals surface area contributed by atoms with Crippen molar-refractivity contribution in [2.24, 2.45) is 11.3 Å². The zero-order valence-electron chi connectivity index (χ0n) is 14.8. The molecule has 2 aliphatic carbocycles. The van der Waals surface area contributed by atoms with Crippen LogP contribution in [0.25, 0.3) is 0 Å². The first-order valence-electron chi connectivity index (χ1n) is 9.51. The van der Waals surface area contributed by atoms with E-state index in [9.17, 15) is 4.79 Å². The molecule has 1 N–H and O–H groups in total.